The molecule has 1 atom stereocenters. The fraction of sp³-hybridized carbons (Fsp3) is 0.286. The van der Waals surface area contributed by atoms with E-state index in [0.717, 1.165) is 6.42 Å². The predicted molar refractivity (Wildman–Crippen MR) is 105 cm³/mol. The van der Waals surface area contributed by atoms with Gasteiger partial charge in [0.05, 0.1) is 7.11 Å². The molecule has 2 N–H and O–H groups in total. The van der Waals surface area contributed by atoms with Crippen molar-refractivity contribution in [1.29, 1.82) is 0 Å². The van der Waals surface area contributed by atoms with E-state index < -0.39 is 17.9 Å². The van der Waals surface area contributed by atoms with E-state index in [1.807, 2.05) is 0 Å². The van der Waals surface area contributed by atoms with E-state index in [2.05, 4.69) is 5.32 Å². The first-order chi connectivity index (χ1) is 14.0. The van der Waals surface area contributed by atoms with Gasteiger partial charge in [-0.15, -0.1) is 0 Å². The number of aliphatic carboxylic acids is 1. The molecule has 2 aromatic carbocycles. The Kier molecular flexibility index (Phi) is 6.33. The Bertz CT molecular complexity index is 896. The van der Waals surface area contributed by atoms with Gasteiger partial charge in [0, 0.05) is 24.7 Å². The molecule has 0 aromatic heterocycles. The molecule has 0 saturated carbocycles. The van der Waals surface area contributed by atoms with E-state index in [9.17, 15) is 19.5 Å². The van der Waals surface area contributed by atoms with Crippen molar-refractivity contribution >= 4 is 23.5 Å². The average Bonchev–Trinajstić information content (AvgIpc) is 3.16. The first-order valence-electron chi connectivity index (χ1n) is 9.17. The summed E-state index contributed by atoms with van der Waals surface area (Å²) in [4.78, 5) is 37.3. The first kappa shape index (κ1) is 20.2. The number of hydrogen-bond donors (Lipinski definition) is 2. The molecule has 1 aliphatic rings. The van der Waals surface area contributed by atoms with Gasteiger partial charge in [-0.3, -0.25) is 9.59 Å². The molecule has 8 nitrogen and oxygen atoms in total. The number of carboxylic acids is 1. The largest absolute Gasteiger partial charge is 0.497 e. The Morgan fingerprint density at radius 1 is 1.17 bits per heavy atom. The van der Waals surface area contributed by atoms with Crippen molar-refractivity contribution in [3.63, 3.8) is 0 Å². The van der Waals surface area contributed by atoms with Gasteiger partial charge in [-0.25, -0.2) is 4.79 Å². The highest BCUT2D eigenvalue weighted by molar-refractivity contribution is 5.95. The van der Waals surface area contributed by atoms with Crippen LogP contribution in [0.4, 0.5) is 5.69 Å². The Hall–Kier alpha value is -3.55. The van der Waals surface area contributed by atoms with Crippen LogP contribution < -0.4 is 19.7 Å². The van der Waals surface area contributed by atoms with Gasteiger partial charge in [-0.2, -0.15) is 0 Å². The van der Waals surface area contributed by atoms with Crippen molar-refractivity contribution in [3.8, 4) is 11.5 Å². The lowest BCUT2D eigenvalue weighted by Crippen LogP contribution is -2.36. The van der Waals surface area contributed by atoms with Crippen LogP contribution in [0.1, 0.15) is 24.4 Å². The highest BCUT2D eigenvalue weighted by atomic mass is 16.5. The van der Waals surface area contributed by atoms with Crippen LogP contribution >= 0.6 is 0 Å². The molecule has 2 aromatic rings. The summed E-state index contributed by atoms with van der Waals surface area (Å²) in [7, 11) is 1.51. The second-order valence-electron chi connectivity index (χ2n) is 6.55. The zero-order valence-corrected chi connectivity index (χ0v) is 16.0. The lowest BCUT2D eigenvalue weighted by molar-refractivity contribution is -0.142. The molecule has 1 fully saturated rings. The molecule has 3 rings (SSSR count). The van der Waals surface area contributed by atoms with Gasteiger partial charge in [-0.1, -0.05) is 18.2 Å². The summed E-state index contributed by atoms with van der Waals surface area (Å²) in [5.41, 5.74) is 1.13. The Balaban J connectivity index is 1.60. The maximum atomic E-state index is 12.2. The average molecular weight is 398 g/mol. The molecular formula is C21H22N2O6. The monoisotopic (exact) mass is 398 g/mol. The van der Waals surface area contributed by atoms with Crippen LogP contribution in [-0.2, 0) is 14.4 Å². The SMILES string of the molecule is COc1ccc(C(NC(=O)COc2cccc(N3CCCC3=O)c2)C(=O)O)cc1. The maximum Gasteiger partial charge on any atom is 0.330 e. The number of methoxy groups -OCH3 is 1. The Morgan fingerprint density at radius 3 is 2.55 bits per heavy atom. The number of carbonyl (C=O) groups excluding carboxylic acids is 2. The standard InChI is InChI=1S/C21H22N2O6/c1-28-16-9-7-14(8-10-16)20(21(26)27)22-18(24)13-29-17-5-2-4-15(12-17)23-11-3-6-19(23)25/h2,4-5,7-10,12,20H,3,6,11,13H2,1H3,(H,22,24)(H,26,27). The Morgan fingerprint density at radius 2 is 1.93 bits per heavy atom. The van der Waals surface area contributed by atoms with Crippen molar-refractivity contribution in [1.82, 2.24) is 5.32 Å². The normalized spacial score (nSPS) is 14.4. The van der Waals surface area contributed by atoms with Crippen LogP contribution in [0.3, 0.4) is 0 Å². The van der Waals surface area contributed by atoms with E-state index in [1.165, 1.54) is 7.11 Å². The van der Waals surface area contributed by atoms with Gasteiger partial charge in [0.15, 0.2) is 12.6 Å². The summed E-state index contributed by atoms with van der Waals surface area (Å²) in [6.45, 7) is 0.308. The lowest BCUT2D eigenvalue weighted by Gasteiger charge is -2.17. The summed E-state index contributed by atoms with van der Waals surface area (Å²) in [6, 6.07) is 12.1. The molecule has 0 aliphatic carbocycles. The molecule has 0 radical (unpaired) electrons. The maximum absolute atomic E-state index is 12.2. The number of rotatable bonds is 8. The molecule has 152 valence electrons. The second-order valence-corrected chi connectivity index (χ2v) is 6.55. The number of carboxylic acid groups (broad SMARTS) is 1. The lowest BCUT2D eigenvalue weighted by atomic mass is 10.1. The molecule has 2 amide bonds. The van der Waals surface area contributed by atoms with Crippen molar-refractivity contribution < 1.29 is 29.0 Å². The number of hydrogen-bond acceptors (Lipinski definition) is 5. The minimum absolute atomic E-state index is 0.0590. The van der Waals surface area contributed by atoms with E-state index in [-0.39, 0.29) is 12.5 Å². The van der Waals surface area contributed by atoms with Crippen molar-refractivity contribution in [2.45, 2.75) is 18.9 Å². The van der Waals surface area contributed by atoms with Crippen LogP contribution in [0.15, 0.2) is 48.5 Å². The summed E-state index contributed by atoms with van der Waals surface area (Å²) in [5, 5.41) is 11.9. The van der Waals surface area contributed by atoms with Gasteiger partial charge < -0.3 is 24.8 Å². The number of benzene rings is 2. The van der Waals surface area contributed by atoms with Gasteiger partial charge in [0.25, 0.3) is 5.91 Å². The van der Waals surface area contributed by atoms with Crippen molar-refractivity contribution in [2.24, 2.45) is 0 Å². The summed E-state index contributed by atoms with van der Waals surface area (Å²) in [6.07, 6.45) is 1.34. The molecule has 1 aliphatic heterocycles. The predicted octanol–water partition coefficient (Wildman–Crippen LogP) is 2.14. The molecule has 1 heterocycles. The van der Waals surface area contributed by atoms with Crippen LogP contribution in [-0.4, -0.2) is 43.2 Å². The number of anilines is 1. The van der Waals surface area contributed by atoms with Gasteiger partial charge >= 0.3 is 5.97 Å². The minimum Gasteiger partial charge on any atom is -0.497 e. The van der Waals surface area contributed by atoms with Crippen LogP contribution in [0, 0.1) is 0 Å². The number of carbonyl (C=O) groups is 3. The fourth-order valence-corrected chi connectivity index (χ4v) is 3.10. The molecule has 0 spiro atoms. The van der Waals surface area contributed by atoms with Crippen LogP contribution in [0.25, 0.3) is 0 Å². The summed E-state index contributed by atoms with van der Waals surface area (Å²) in [5.74, 6) is -0.685. The number of nitrogens with one attached hydrogen (secondary N) is 1. The third kappa shape index (κ3) is 5.04. The van der Waals surface area contributed by atoms with Crippen LogP contribution in [0.5, 0.6) is 11.5 Å². The fourth-order valence-electron chi connectivity index (χ4n) is 3.10. The van der Waals surface area contributed by atoms with Gasteiger partial charge in [0.1, 0.15) is 11.5 Å². The smallest absolute Gasteiger partial charge is 0.330 e. The molecule has 8 heteroatoms. The molecule has 0 bridgehead atoms. The van der Waals surface area contributed by atoms with Gasteiger partial charge in [-0.05, 0) is 36.2 Å². The van der Waals surface area contributed by atoms with Crippen molar-refractivity contribution in [2.75, 3.05) is 25.2 Å². The quantitative estimate of drug-likeness (QED) is 0.706. The first-order valence-corrected chi connectivity index (χ1v) is 9.17. The molecular weight excluding hydrogens is 376 g/mol. The second kappa shape index (κ2) is 9.09. The minimum atomic E-state index is -1.20. The Labute approximate surface area is 168 Å². The zero-order valence-electron chi connectivity index (χ0n) is 16.0. The number of nitrogens with zero attached hydrogens (tertiary/aromatic N) is 1. The highest BCUT2D eigenvalue weighted by Crippen LogP contribution is 2.25. The zero-order chi connectivity index (χ0) is 20.8. The van der Waals surface area contributed by atoms with E-state index >= 15 is 0 Å². The third-order valence-electron chi connectivity index (χ3n) is 4.57. The topological polar surface area (TPSA) is 105 Å². The molecule has 1 saturated heterocycles. The highest BCUT2D eigenvalue weighted by Gasteiger charge is 2.23. The molecule has 29 heavy (non-hydrogen) atoms. The number of amides is 2. The van der Waals surface area contributed by atoms with Gasteiger partial charge in [0.2, 0.25) is 5.91 Å². The van der Waals surface area contributed by atoms with E-state index in [0.29, 0.717) is 35.7 Å². The summed E-state index contributed by atoms with van der Waals surface area (Å²) >= 11 is 0. The van der Waals surface area contributed by atoms with Crippen molar-refractivity contribution in [3.05, 3.63) is 54.1 Å². The summed E-state index contributed by atoms with van der Waals surface area (Å²) < 4.78 is 10.5. The number of ether oxygens (including phenoxy) is 2. The van der Waals surface area contributed by atoms with E-state index in [4.69, 9.17) is 9.47 Å². The third-order valence-corrected chi connectivity index (χ3v) is 4.57. The molecule has 1 unspecified atom stereocenters. The van der Waals surface area contributed by atoms with E-state index in [1.54, 1.807) is 53.4 Å². The van der Waals surface area contributed by atoms with Crippen LogP contribution in [0.2, 0.25) is 0 Å².